The van der Waals surface area contributed by atoms with Gasteiger partial charge in [0, 0.05) is 12.8 Å². The van der Waals surface area contributed by atoms with Crippen LogP contribution in [0.2, 0.25) is 0 Å². The van der Waals surface area contributed by atoms with Crippen molar-refractivity contribution in [2.24, 2.45) is 0 Å². The lowest BCUT2D eigenvalue weighted by atomic mass is 9.96. The van der Waals surface area contributed by atoms with Gasteiger partial charge in [0.2, 0.25) is 5.79 Å². The summed E-state index contributed by atoms with van der Waals surface area (Å²) in [6.45, 7) is 1.86. The van der Waals surface area contributed by atoms with E-state index in [9.17, 15) is 0 Å². The molecule has 17 heavy (non-hydrogen) atoms. The van der Waals surface area contributed by atoms with Crippen molar-refractivity contribution in [2.75, 3.05) is 6.61 Å². The van der Waals surface area contributed by atoms with Crippen LogP contribution in [0.15, 0.2) is 30.3 Å². The normalized spacial score (nSPS) is 32.9. The Morgan fingerprint density at radius 1 is 1.24 bits per heavy atom. The van der Waals surface area contributed by atoms with Gasteiger partial charge in [0.1, 0.15) is 5.60 Å². The van der Waals surface area contributed by atoms with Crippen molar-refractivity contribution in [3.05, 3.63) is 35.9 Å². The van der Waals surface area contributed by atoms with Gasteiger partial charge in [-0.1, -0.05) is 30.3 Å². The smallest absolute Gasteiger partial charge is 0.208 e. The third-order valence-corrected chi connectivity index (χ3v) is 2.99. The Bertz CT molecular complexity index is 368. The third kappa shape index (κ3) is 2.65. The van der Waals surface area contributed by atoms with Crippen LogP contribution in [-0.2, 0) is 20.9 Å². The second kappa shape index (κ2) is 4.72. The lowest BCUT2D eigenvalue weighted by Gasteiger charge is -2.25. The van der Waals surface area contributed by atoms with Gasteiger partial charge in [-0.25, -0.2) is 15.0 Å². The summed E-state index contributed by atoms with van der Waals surface area (Å²) < 4.78 is 5.44. The van der Waals surface area contributed by atoms with E-state index in [-0.39, 0.29) is 13.0 Å². The SMILES string of the molecule is C[C@]1(OO)CO[C@](Cc2ccccc2)(OO)C1. The zero-order chi connectivity index (χ0) is 12.4. The average Bonchev–Trinajstić information content (AvgIpc) is 2.70. The van der Waals surface area contributed by atoms with Crippen LogP contribution in [0.4, 0.5) is 0 Å². The molecule has 1 saturated heterocycles. The summed E-state index contributed by atoms with van der Waals surface area (Å²) in [4.78, 5) is 8.86. The van der Waals surface area contributed by atoms with Crippen molar-refractivity contribution in [3.63, 3.8) is 0 Å². The molecule has 0 unspecified atom stereocenters. The zero-order valence-corrected chi connectivity index (χ0v) is 9.63. The highest BCUT2D eigenvalue weighted by Gasteiger charge is 2.50. The Labute approximate surface area is 99.4 Å². The van der Waals surface area contributed by atoms with Crippen LogP contribution in [0, 0.1) is 0 Å². The number of ether oxygens (including phenoxy) is 1. The van der Waals surface area contributed by atoms with Crippen LogP contribution in [0.25, 0.3) is 0 Å². The molecule has 0 radical (unpaired) electrons. The van der Waals surface area contributed by atoms with Crippen LogP contribution < -0.4 is 0 Å². The quantitative estimate of drug-likeness (QED) is 0.623. The van der Waals surface area contributed by atoms with Gasteiger partial charge in [0.25, 0.3) is 0 Å². The minimum absolute atomic E-state index is 0.164. The van der Waals surface area contributed by atoms with Crippen molar-refractivity contribution < 1.29 is 25.0 Å². The standard InChI is InChI=1S/C12H16O5/c1-11(16-13)8-12(17-14,15-9-11)7-10-5-3-2-4-6-10/h2-6,13-14H,7-9H2,1H3/t11-,12-/m1/s1. The highest BCUT2D eigenvalue weighted by molar-refractivity contribution is 5.17. The minimum Gasteiger partial charge on any atom is -0.344 e. The fourth-order valence-electron chi connectivity index (χ4n) is 2.13. The molecule has 0 spiro atoms. The van der Waals surface area contributed by atoms with Gasteiger partial charge in [0.05, 0.1) is 6.61 Å². The van der Waals surface area contributed by atoms with E-state index in [0.29, 0.717) is 6.42 Å². The van der Waals surface area contributed by atoms with E-state index in [4.69, 9.17) is 15.3 Å². The van der Waals surface area contributed by atoms with Gasteiger partial charge in [-0.2, -0.15) is 0 Å². The van der Waals surface area contributed by atoms with Crippen LogP contribution in [0.3, 0.4) is 0 Å². The molecule has 1 aromatic rings. The summed E-state index contributed by atoms with van der Waals surface area (Å²) >= 11 is 0. The van der Waals surface area contributed by atoms with Crippen LogP contribution in [-0.4, -0.2) is 28.5 Å². The summed E-state index contributed by atoms with van der Waals surface area (Å²) in [7, 11) is 0. The maximum atomic E-state index is 9.04. The number of hydrogen-bond donors (Lipinski definition) is 2. The lowest BCUT2D eigenvalue weighted by molar-refractivity contribution is -0.393. The maximum absolute atomic E-state index is 9.04. The third-order valence-electron chi connectivity index (χ3n) is 2.99. The van der Waals surface area contributed by atoms with E-state index in [1.54, 1.807) is 6.92 Å². The van der Waals surface area contributed by atoms with Gasteiger partial charge in [-0.05, 0) is 12.5 Å². The molecule has 0 aromatic heterocycles. The first kappa shape index (κ1) is 12.5. The Balaban J connectivity index is 2.12. The zero-order valence-electron chi connectivity index (χ0n) is 9.63. The molecule has 5 heteroatoms. The molecule has 0 aliphatic carbocycles. The minimum atomic E-state index is -1.15. The van der Waals surface area contributed by atoms with E-state index < -0.39 is 11.4 Å². The van der Waals surface area contributed by atoms with Crippen molar-refractivity contribution >= 4 is 0 Å². The first-order valence-electron chi connectivity index (χ1n) is 5.44. The molecule has 1 fully saturated rings. The number of rotatable bonds is 4. The summed E-state index contributed by atoms with van der Waals surface area (Å²) in [6.07, 6.45) is 0.644. The van der Waals surface area contributed by atoms with Gasteiger partial charge in [-0.3, -0.25) is 5.26 Å². The van der Waals surface area contributed by atoms with Crippen molar-refractivity contribution in [3.8, 4) is 0 Å². The highest BCUT2D eigenvalue weighted by Crippen LogP contribution is 2.37. The van der Waals surface area contributed by atoms with Crippen LogP contribution in [0.1, 0.15) is 18.9 Å². The van der Waals surface area contributed by atoms with Crippen molar-refractivity contribution in [1.82, 2.24) is 0 Å². The van der Waals surface area contributed by atoms with Crippen LogP contribution >= 0.6 is 0 Å². The van der Waals surface area contributed by atoms with Crippen molar-refractivity contribution in [1.29, 1.82) is 0 Å². The first-order valence-corrected chi connectivity index (χ1v) is 5.44. The van der Waals surface area contributed by atoms with Gasteiger partial charge in [0.15, 0.2) is 0 Å². The predicted molar refractivity (Wildman–Crippen MR) is 59.3 cm³/mol. The van der Waals surface area contributed by atoms with Gasteiger partial charge in [-0.15, -0.1) is 0 Å². The molecular formula is C12H16O5. The second-order valence-corrected chi connectivity index (χ2v) is 4.67. The molecule has 1 aromatic carbocycles. The predicted octanol–water partition coefficient (Wildman–Crippen LogP) is 2.08. The van der Waals surface area contributed by atoms with E-state index in [1.807, 2.05) is 30.3 Å². The lowest BCUT2D eigenvalue weighted by Crippen LogP contribution is -2.36. The Hall–Kier alpha value is -0.980. The first-order chi connectivity index (χ1) is 8.11. The summed E-state index contributed by atoms with van der Waals surface area (Å²) in [5, 5.41) is 17.8. The summed E-state index contributed by atoms with van der Waals surface area (Å²) in [6, 6.07) is 9.54. The second-order valence-electron chi connectivity index (χ2n) is 4.67. The molecule has 94 valence electrons. The van der Waals surface area contributed by atoms with E-state index >= 15 is 0 Å². The van der Waals surface area contributed by atoms with E-state index in [1.165, 1.54) is 0 Å². The molecule has 0 saturated carbocycles. The monoisotopic (exact) mass is 240 g/mol. The van der Waals surface area contributed by atoms with Crippen LogP contribution in [0.5, 0.6) is 0 Å². The summed E-state index contributed by atoms with van der Waals surface area (Å²) in [5.41, 5.74) is 0.126. The maximum Gasteiger partial charge on any atom is 0.208 e. The molecule has 0 amide bonds. The molecule has 0 bridgehead atoms. The molecule has 2 N–H and O–H groups in total. The van der Waals surface area contributed by atoms with E-state index in [0.717, 1.165) is 5.56 Å². The fourth-order valence-corrected chi connectivity index (χ4v) is 2.13. The Morgan fingerprint density at radius 2 is 1.94 bits per heavy atom. The molecule has 5 nitrogen and oxygen atoms in total. The Kier molecular flexibility index (Phi) is 3.46. The molecule has 1 aliphatic rings. The molecule has 2 rings (SSSR count). The Morgan fingerprint density at radius 3 is 2.47 bits per heavy atom. The van der Waals surface area contributed by atoms with Gasteiger partial charge < -0.3 is 4.74 Å². The topological polar surface area (TPSA) is 68.2 Å². The largest absolute Gasteiger partial charge is 0.344 e. The molecule has 1 heterocycles. The molecule has 1 aliphatic heterocycles. The fraction of sp³-hybridized carbons (Fsp3) is 0.500. The van der Waals surface area contributed by atoms with E-state index in [2.05, 4.69) is 9.78 Å². The number of benzene rings is 1. The number of hydrogen-bond acceptors (Lipinski definition) is 5. The van der Waals surface area contributed by atoms with Gasteiger partial charge >= 0.3 is 0 Å². The summed E-state index contributed by atoms with van der Waals surface area (Å²) in [5.74, 6) is -1.15. The average molecular weight is 240 g/mol. The molecular weight excluding hydrogens is 224 g/mol. The van der Waals surface area contributed by atoms with Crippen molar-refractivity contribution in [2.45, 2.75) is 31.2 Å². The molecule has 2 atom stereocenters. The highest BCUT2D eigenvalue weighted by atomic mass is 17.2.